The Morgan fingerprint density at radius 3 is 2.61 bits per heavy atom. The average Bonchev–Trinajstić information content (AvgIpc) is 3.30. The van der Waals surface area contributed by atoms with Gasteiger partial charge in [0.15, 0.2) is 0 Å². The molecule has 0 spiro atoms. The van der Waals surface area contributed by atoms with Crippen molar-refractivity contribution in [2.24, 2.45) is 0 Å². The fraction of sp³-hybridized carbons (Fsp3) is 0.560. The first kappa shape index (κ1) is 23.9. The van der Waals surface area contributed by atoms with Gasteiger partial charge in [0.2, 0.25) is 5.91 Å². The largest absolute Gasteiger partial charge is 0.492 e. The highest BCUT2D eigenvalue weighted by atomic mass is 32.1. The lowest BCUT2D eigenvalue weighted by atomic mass is 9.98. The number of nitrogens with one attached hydrogen (secondary N) is 1. The molecule has 180 valence electrons. The zero-order valence-electron chi connectivity index (χ0n) is 19.9. The van der Waals surface area contributed by atoms with Crippen molar-refractivity contribution in [3.63, 3.8) is 0 Å². The zero-order valence-corrected chi connectivity index (χ0v) is 20.7. The van der Waals surface area contributed by atoms with Crippen LogP contribution in [0.4, 0.5) is 11.4 Å². The summed E-state index contributed by atoms with van der Waals surface area (Å²) in [5.41, 5.74) is 3.02. The van der Waals surface area contributed by atoms with E-state index in [1.807, 2.05) is 37.3 Å². The summed E-state index contributed by atoms with van der Waals surface area (Å²) in [6, 6.07) is 6.40. The van der Waals surface area contributed by atoms with Gasteiger partial charge in [-0.05, 0) is 43.7 Å². The number of rotatable bonds is 9. The smallest absolute Gasteiger partial charge is 0.238 e. The van der Waals surface area contributed by atoms with Crippen LogP contribution in [0.25, 0.3) is 0 Å². The van der Waals surface area contributed by atoms with Gasteiger partial charge >= 0.3 is 0 Å². The van der Waals surface area contributed by atoms with Gasteiger partial charge in [-0.1, -0.05) is 6.92 Å². The second-order valence-electron chi connectivity index (χ2n) is 8.27. The van der Waals surface area contributed by atoms with Crippen molar-refractivity contribution in [3.8, 4) is 11.5 Å². The molecule has 1 amide bonds. The third kappa shape index (κ3) is 5.45. The Hall–Kier alpha value is -2.29. The molecule has 0 saturated carbocycles. The van der Waals surface area contributed by atoms with E-state index in [9.17, 15) is 4.79 Å². The Labute approximate surface area is 200 Å². The molecule has 1 aromatic heterocycles. The lowest BCUT2D eigenvalue weighted by Crippen LogP contribution is -2.40. The second-order valence-corrected chi connectivity index (χ2v) is 9.27. The molecular formula is C25H35N3O4S. The molecule has 2 aliphatic heterocycles. The first-order valence-corrected chi connectivity index (χ1v) is 12.9. The average molecular weight is 474 g/mol. The van der Waals surface area contributed by atoms with Crippen LogP contribution in [0, 0.1) is 0 Å². The van der Waals surface area contributed by atoms with E-state index in [1.54, 1.807) is 0 Å². The molecule has 1 aromatic carbocycles. The minimum absolute atomic E-state index is 0.0327. The zero-order chi connectivity index (χ0) is 23.2. The van der Waals surface area contributed by atoms with Crippen molar-refractivity contribution in [2.75, 3.05) is 62.8 Å². The van der Waals surface area contributed by atoms with Crippen LogP contribution in [0.15, 0.2) is 23.6 Å². The summed E-state index contributed by atoms with van der Waals surface area (Å²) in [6.45, 7) is 11.4. The van der Waals surface area contributed by atoms with E-state index in [2.05, 4.69) is 33.5 Å². The van der Waals surface area contributed by atoms with E-state index in [0.717, 1.165) is 43.9 Å². The normalized spacial score (nSPS) is 18.6. The van der Waals surface area contributed by atoms with Crippen LogP contribution in [0.1, 0.15) is 43.7 Å². The summed E-state index contributed by atoms with van der Waals surface area (Å²) in [5.74, 6) is 1.39. The summed E-state index contributed by atoms with van der Waals surface area (Å²) >= 11 is 1.83. The Morgan fingerprint density at radius 2 is 1.88 bits per heavy atom. The molecule has 0 aliphatic carbocycles. The molecule has 4 rings (SSSR count). The maximum atomic E-state index is 13.1. The number of hydrogen-bond donors (Lipinski definition) is 1. The molecule has 2 aromatic rings. The number of thiophene rings is 1. The molecule has 33 heavy (non-hydrogen) atoms. The summed E-state index contributed by atoms with van der Waals surface area (Å²) in [4.78, 5) is 19.1. The van der Waals surface area contributed by atoms with Crippen LogP contribution in [0.2, 0.25) is 0 Å². The number of carbonyl (C=O) groups excluding carboxylic acids is 1. The molecule has 1 N–H and O–H groups in total. The van der Waals surface area contributed by atoms with E-state index in [-0.39, 0.29) is 5.91 Å². The predicted molar refractivity (Wildman–Crippen MR) is 133 cm³/mol. The van der Waals surface area contributed by atoms with Crippen LogP contribution < -0.4 is 19.7 Å². The van der Waals surface area contributed by atoms with Gasteiger partial charge in [-0.15, -0.1) is 11.3 Å². The highest BCUT2D eigenvalue weighted by molar-refractivity contribution is 7.10. The van der Waals surface area contributed by atoms with Gasteiger partial charge in [-0.25, -0.2) is 0 Å². The molecule has 7 nitrogen and oxygen atoms in total. The number of fused-ring (bicyclic) bond motifs is 1. The molecule has 2 aliphatic rings. The van der Waals surface area contributed by atoms with Gasteiger partial charge < -0.3 is 24.4 Å². The number of ether oxygens (including phenoxy) is 3. The van der Waals surface area contributed by atoms with Crippen molar-refractivity contribution in [3.05, 3.63) is 34.0 Å². The van der Waals surface area contributed by atoms with Gasteiger partial charge in [0.25, 0.3) is 0 Å². The van der Waals surface area contributed by atoms with Crippen LogP contribution in [-0.4, -0.2) is 63.4 Å². The third-order valence-corrected chi connectivity index (χ3v) is 7.22. The number of nitrogens with zero attached hydrogens (tertiary/aromatic N) is 2. The van der Waals surface area contributed by atoms with Gasteiger partial charge in [0.05, 0.1) is 44.3 Å². The SMILES string of the molecule is CCOc1cc(N2CCOCC2)c(OCC)cc1NC(=O)CN1CCc2sccc2C1CC. The minimum Gasteiger partial charge on any atom is -0.492 e. The number of morpholine rings is 1. The predicted octanol–water partition coefficient (Wildman–Crippen LogP) is 4.33. The quantitative estimate of drug-likeness (QED) is 0.585. The van der Waals surface area contributed by atoms with Gasteiger partial charge in [0.1, 0.15) is 11.5 Å². The van der Waals surface area contributed by atoms with Crippen molar-refractivity contribution in [2.45, 2.75) is 39.7 Å². The molecule has 1 atom stereocenters. The lowest BCUT2D eigenvalue weighted by molar-refractivity contribution is -0.118. The highest BCUT2D eigenvalue weighted by Crippen LogP contribution is 2.40. The topological polar surface area (TPSA) is 63.3 Å². The maximum Gasteiger partial charge on any atom is 0.238 e. The maximum absolute atomic E-state index is 13.1. The molecule has 1 saturated heterocycles. The summed E-state index contributed by atoms with van der Waals surface area (Å²) in [5, 5.41) is 5.27. The Bertz CT molecular complexity index is 942. The molecular weight excluding hydrogens is 438 g/mol. The van der Waals surface area contributed by atoms with E-state index in [1.165, 1.54) is 10.4 Å². The van der Waals surface area contributed by atoms with Crippen molar-refractivity contribution in [1.82, 2.24) is 4.90 Å². The van der Waals surface area contributed by atoms with Crippen LogP contribution in [0.5, 0.6) is 11.5 Å². The van der Waals surface area contributed by atoms with E-state index in [0.29, 0.717) is 50.5 Å². The van der Waals surface area contributed by atoms with E-state index >= 15 is 0 Å². The minimum atomic E-state index is -0.0327. The van der Waals surface area contributed by atoms with Crippen LogP contribution in [0.3, 0.4) is 0 Å². The van der Waals surface area contributed by atoms with E-state index in [4.69, 9.17) is 14.2 Å². The molecule has 8 heteroatoms. The van der Waals surface area contributed by atoms with Crippen molar-refractivity contribution in [1.29, 1.82) is 0 Å². The Morgan fingerprint density at radius 1 is 1.12 bits per heavy atom. The van der Waals surface area contributed by atoms with Gasteiger partial charge in [-0.2, -0.15) is 0 Å². The first-order valence-electron chi connectivity index (χ1n) is 12.0. The monoisotopic (exact) mass is 473 g/mol. The highest BCUT2D eigenvalue weighted by Gasteiger charge is 2.28. The molecule has 0 bridgehead atoms. The number of benzene rings is 1. The fourth-order valence-corrected chi connectivity index (χ4v) is 5.66. The van der Waals surface area contributed by atoms with E-state index < -0.39 is 0 Å². The Balaban J connectivity index is 1.53. The number of anilines is 2. The fourth-order valence-electron chi connectivity index (χ4n) is 4.73. The number of amides is 1. The second kappa shape index (κ2) is 11.2. The first-order chi connectivity index (χ1) is 16.1. The molecule has 0 radical (unpaired) electrons. The van der Waals surface area contributed by atoms with Crippen molar-refractivity contribution < 1.29 is 19.0 Å². The summed E-state index contributed by atoms with van der Waals surface area (Å²) in [7, 11) is 0. The molecule has 3 heterocycles. The standard InChI is InChI=1S/C25H35N3O4S/c1-4-20-18-8-14-33-24(18)7-9-28(20)17-25(29)26-19-15-23(32-6-3)21(16-22(19)31-5-2)27-10-12-30-13-11-27/h8,14-16,20H,4-7,9-13,17H2,1-3H3,(H,26,29). The summed E-state index contributed by atoms with van der Waals surface area (Å²) < 4.78 is 17.4. The van der Waals surface area contributed by atoms with Gasteiger partial charge in [0, 0.05) is 42.7 Å². The Kier molecular flexibility index (Phi) is 8.11. The van der Waals surface area contributed by atoms with Crippen molar-refractivity contribution >= 4 is 28.6 Å². The van der Waals surface area contributed by atoms with Crippen LogP contribution in [-0.2, 0) is 16.0 Å². The van der Waals surface area contributed by atoms with Crippen LogP contribution >= 0.6 is 11.3 Å². The number of hydrogen-bond acceptors (Lipinski definition) is 7. The third-order valence-electron chi connectivity index (χ3n) is 6.23. The lowest BCUT2D eigenvalue weighted by Gasteiger charge is -2.35. The molecule has 1 fully saturated rings. The van der Waals surface area contributed by atoms with Gasteiger partial charge in [-0.3, -0.25) is 9.69 Å². The number of carbonyl (C=O) groups is 1. The summed E-state index contributed by atoms with van der Waals surface area (Å²) in [6.07, 6.45) is 1.99. The molecule has 1 unspecified atom stereocenters.